The van der Waals surface area contributed by atoms with E-state index in [-0.39, 0.29) is 5.48 Å². The standard InChI is InChI=1S/C15H34NO.H2O/c1-6-9-12-16(13-10-7-2,14-11-8-3)15(4)17-5;/h15H,6-14H2,1-5H3;1H2/q+1;/p-1. The second kappa shape index (κ2) is 11.9. The van der Waals surface area contributed by atoms with Gasteiger partial charge in [-0.2, -0.15) is 0 Å². The zero-order valence-corrected chi connectivity index (χ0v) is 13.2. The van der Waals surface area contributed by atoms with E-state index in [4.69, 9.17) is 4.74 Å². The van der Waals surface area contributed by atoms with Crippen LogP contribution in [-0.4, -0.2) is 42.9 Å². The first-order chi connectivity index (χ1) is 8.16. The van der Waals surface area contributed by atoms with Crippen LogP contribution in [0.5, 0.6) is 0 Å². The van der Waals surface area contributed by atoms with Crippen molar-refractivity contribution >= 4 is 0 Å². The molecule has 0 spiro atoms. The summed E-state index contributed by atoms with van der Waals surface area (Å²) in [6.45, 7) is 13.0. The highest BCUT2D eigenvalue weighted by Crippen LogP contribution is 2.20. The summed E-state index contributed by atoms with van der Waals surface area (Å²) in [5.41, 5.74) is 0. The maximum absolute atomic E-state index is 5.68. The Balaban J connectivity index is 0. The molecule has 0 aliphatic carbocycles. The second-order valence-electron chi connectivity index (χ2n) is 5.29. The first kappa shape index (κ1) is 20.2. The number of nitrogens with zero attached hydrogens (tertiary/aromatic N) is 1. The van der Waals surface area contributed by atoms with Gasteiger partial charge in [-0.25, -0.2) is 0 Å². The number of quaternary nitrogens is 1. The minimum Gasteiger partial charge on any atom is -0.870 e. The molecule has 3 nitrogen and oxygen atoms in total. The second-order valence-corrected chi connectivity index (χ2v) is 5.29. The Hall–Kier alpha value is -0.120. The summed E-state index contributed by atoms with van der Waals surface area (Å²) in [7, 11) is 1.86. The van der Waals surface area contributed by atoms with Crippen LogP contribution in [-0.2, 0) is 4.74 Å². The minimum atomic E-state index is 0. The van der Waals surface area contributed by atoms with Gasteiger partial charge in [-0.15, -0.1) is 0 Å². The molecule has 0 aromatic carbocycles. The van der Waals surface area contributed by atoms with Crippen molar-refractivity contribution in [2.75, 3.05) is 26.7 Å². The fourth-order valence-electron chi connectivity index (χ4n) is 2.52. The van der Waals surface area contributed by atoms with Gasteiger partial charge in [0.1, 0.15) is 0 Å². The molecule has 0 aliphatic heterocycles. The highest BCUT2D eigenvalue weighted by molar-refractivity contribution is 4.50. The minimum absolute atomic E-state index is 0. The molecular formula is C15H35NO2. The van der Waals surface area contributed by atoms with Crippen molar-refractivity contribution in [2.24, 2.45) is 0 Å². The van der Waals surface area contributed by atoms with Gasteiger partial charge in [0.2, 0.25) is 0 Å². The maximum Gasteiger partial charge on any atom is 0.190 e. The summed E-state index contributed by atoms with van der Waals surface area (Å²) in [5.74, 6) is 0. The van der Waals surface area contributed by atoms with Crippen LogP contribution in [0.15, 0.2) is 0 Å². The molecule has 1 N–H and O–H groups in total. The third-order valence-electron chi connectivity index (χ3n) is 3.98. The average molecular weight is 261 g/mol. The van der Waals surface area contributed by atoms with E-state index in [1.807, 2.05) is 7.11 Å². The number of methoxy groups -OCH3 is 1. The van der Waals surface area contributed by atoms with E-state index in [2.05, 4.69) is 27.7 Å². The molecule has 0 aliphatic rings. The SMILES string of the molecule is CCCC[N+](CCCC)(CCCC)C(C)OC.[OH-]. The largest absolute Gasteiger partial charge is 0.870 e. The van der Waals surface area contributed by atoms with Crippen molar-refractivity contribution in [3.8, 4) is 0 Å². The van der Waals surface area contributed by atoms with Crippen LogP contribution in [0.1, 0.15) is 66.2 Å². The lowest BCUT2D eigenvalue weighted by Crippen LogP contribution is -2.56. The predicted molar refractivity (Wildman–Crippen MR) is 78.0 cm³/mol. The first-order valence-corrected chi connectivity index (χ1v) is 7.55. The Morgan fingerprint density at radius 2 is 1.17 bits per heavy atom. The number of unbranched alkanes of at least 4 members (excludes halogenated alkanes) is 3. The third-order valence-corrected chi connectivity index (χ3v) is 3.98. The molecule has 0 radical (unpaired) electrons. The summed E-state index contributed by atoms with van der Waals surface area (Å²) in [5, 5.41) is 0. The van der Waals surface area contributed by atoms with Crippen LogP contribution >= 0.6 is 0 Å². The molecule has 0 saturated heterocycles. The van der Waals surface area contributed by atoms with Crippen molar-refractivity contribution < 1.29 is 14.7 Å². The summed E-state index contributed by atoms with van der Waals surface area (Å²) in [6.07, 6.45) is 8.17. The molecule has 0 saturated carbocycles. The van der Waals surface area contributed by atoms with Gasteiger partial charge in [0.05, 0.1) is 19.6 Å². The van der Waals surface area contributed by atoms with E-state index in [0.717, 1.165) is 0 Å². The van der Waals surface area contributed by atoms with Crippen LogP contribution < -0.4 is 0 Å². The smallest absolute Gasteiger partial charge is 0.190 e. The van der Waals surface area contributed by atoms with E-state index < -0.39 is 0 Å². The van der Waals surface area contributed by atoms with Gasteiger partial charge in [0.15, 0.2) is 6.23 Å². The molecular weight excluding hydrogens is 226 g/mol. The van der Waals surface area contributed by atoms with Crippen LogP contribution in [0.25, 0.3) is 0 Å². The van der Waals surface area contributed by atoms with E-state index >= 15 is 0 Å². The fourth-order valence-corrected chi connectivity index (χ4v) is 2.52. The zero-order valence-electron chi connectivity index (χ0n) is 13.2. The van der Waals surface area contributed by atoms with Gasteiger partial charge in [-0.3, -0.25) is 4.48 Å². The predicted octanol–water partition coefficient (Wildman–Crippen LogP) is 4.02. The van der Waals surface area contributed by atoms with Gasteiger partial charge in [0.25, 0.3) is 0 Å². The summed E-state index contributed by atoms with van der Waals surface area (Å²) in [6, 6.07) is 0. The van der Waals surface area contributed by atoms with Crippen LogP contribution in [0, 0.1) is 0 Å². The first-order valence-electron chi connectivity index (χ1n) is 7.55. The lowest BCUT2D eigenvalue weighted by Gasteiger charge is -2.43. The Kier molecular flexibility index (Phi) is 13.4. The van der Waals surface area contributed by atoms with E-state index in [9.17, 15) is 0 Å². The Morgan fingerprint density at radius 3 is 1.39 bits per heavy atom. The normalized spacial score (nSPS) is 13.2. The van der Waals surface area contributed by atoms with Crippen LogP contribution in [0.3, 0.4) is 0 Å². The van der Waals surface area contributed by atoms with E-state index in [1.165, 1.54) is 62.6 Å². The Morgan fingerprint density at radius 1 is 0.833 bits per heavy atom. The molecule has 18 heavy (non-hydrogen) atoms. The van der Waals surface area contributed by atoms with Gasteiger partial charge >= 0.3 is 0 Å². The third kappa shape index (κ3) is 6.72. The summed E-state index contributed by atoms with van der Waals surface area (Å²) >= 11 is 0. The lowest BCUT2D eigenvalue weighted by atomic mass is 10.1. The van der Waals surface area contributed by atoms with E-state index in [0.29, 0.717) is 6.23 Å². The monoisotopic (exact) mass is 261 g/mol. The van der Waals surface area contributed by atoms with Crippen molar-refractivity contribution in [1.82, 2.24) is 0 Å². The van der Waals surface area contributed by atoms with Gasteiger partial charge in [-0.05, 0) is 19.3 Å². The zero-order chi connectivity index (χ0) is 13.1. The molecule has 0 aromatic rings. The van der Waals surface area contributed by atoms with E-state index in [1.54, 1.807) is 0 Å². The molecule has 0 amide bonds. The van der Waals surface area contributed by atoms with Crippen LogP contribution in [0.2, 0.25) is 0 Å². The molecule has 112 valence electrons. The number of hydrogen-bond acceptors (Lipinski definition) is 2. The molecule has 1 unspecified atom stereocenters. The van der Waals surface area contributed by atoms with Gasteiger partial charge in [0, 0.05) is 14.0 Å². The highest BCUT2D eigenvalue weighted by atomic mass is 16.5. The molecule has 0 aromatic heterocycles. The van der Waals surface area contributed by atoms with Crippen molar-refractivity contribution in [3.05, 3.63) is 0 Å². The number of rotatable bonds is 11. The topological polar surface area (TPSA) is 39.2 Å². The highest BCUT2D eigenvalue weighted by Gasteiger charge is 2.32. The molecule has 1 atom stereocenters. The quantitative estimate of drug-likeness (QED) is 0.416. The molecule has 0 fully saturated rings. The summed E-state index contributed by atoms with van der Waals surface area (Å²) in [4.78, 5) is 0. The summed E-state index contributed by atoms with van der Waals surface area (Å²) < 4.78 is 6.85. The van der Waals surface area contributed by atoms with Gasteiger partial charge < -0.3 is 10.2 Å². The average Bonchev–Trinajstić information content (AvgIpc) is 2.37. The molecule has 0 heterocycles. The van der Waals surface area contributed by atoms with Crippen molar-refractivity contribution in [2.45, 2.75) is 72.4 Å². The van der Waals surface area contributed by atoms with Crippen molar-refractivity contribution in [3.63, 3.8) is 0 Å². The number of hydrogen-bond donors (Lipinski definition) is 0. The Bertz CT molecular complexity index is 152. The molecule has 3 heteroatoms. The number of ether oxygens (including phenoxy) is 1. The molecule has 0 bridgehead atoms. The lowest BCUT2D eigenvalue weighted by molar-refractivity contribution is -0.970. The van der Waals surface area contributed by atoms with Crippen molar-refractivity contribution in [1.29, 1.82) is 0 Å². The van der Waals surface area contributed by atoms with Crippen LogP contribution in [0.4, 0.5) is 0 Å². The molecule has 0 rings (SSSR count). The maximum atomic E-state index is 5.68. The van der Waals surface area contributed by atoms with Gasteiger partial charge in [-0.1, -0.05) is 40.0 Å². The fraction of sp³-hybridized carbons (Fsp3) is 1.00. The Labute approximate surface area is 114 Å².